The predicted molar refractivity (Wildman–Crippen MR) is 194 cm³/mol. The summed E-state index contributed by atoms with van der Waals surface area (Å²) in [6.07, 6.45) is -10.0. The monoisotopic (exact) mass is 796 g/mol. The second kappa shape index (κ2) is 15.3. The van der Waals surface area contributed by atoms with Crippen LogP contribution in [0.2, 0.25) is 0 Å². The first kappa shape index (κ1) is 41.4. The second-order valence-corrected chi connectivity index (χ2v) is 19.1. The van der Waals surface area contributed by atoms with Crippen molar-refractivity contribution in [2.45, 2.75) is 184 Å². The maximum atomic E-state index is 12.5. The summed E-state index contributed by atoms with van der Waals surface area (Å²) in [6, 6.07) is 0. The molecule has 0 aromatic rings. The molecule has 0 bridgehead atoms. The van der Waals surface area contributed by atoms with Crippen molar-refractivity contribution in [1.29, 1.82) is 0 Å². The van der Waals surface area contributed by atoms with Crippen LogP contribution in [0.4, 0.5) is 0 Å². The summed E-state index contributed by atoms with van der Waals surface area (Å²) in [5, 5.41) is 85.8. The highest BCUT2D eigenvalue weighted by Crippen LogP contribution is 2.68. The van der Waals surface area contributed by atoms with Crippen molar-refractivity contribution in [2.24, 2.45) is 46.3 Å². The highest BCUT2D eigenvalue weighted by molar-refractivity contribution is 5.75. The molecule has 24 atom stereocenters. The molecule has 3 saturated heterocycles. The van der Waals surface area contributed by atoms with E-state index in [1.165, 1.54) is 19.4 Å². The summed E-state index contributed by atoms with van der Waals surface area (Å²) in [5.74, 6) is 0.947. The molecule has 7 fully saturated rings. The third kappa shape index (κ3) is 6.63. The molecule has 5 aliphatic carbocycles. The zero-order chi connectivity index (χ0) is 40.2. The Morgan fingerprint density at radius 1 is 0.750 bits per heavy atom. The highest BCUT2D eigenvalue weighted by atomic mass is 16.7. The van der Waals surface area contributed by atoms with Crippen molar-refractivity contribution in [3.63, 3.8) is 0 Å². The summed E-state index contributed by atoms with van der Waals surface area (Å²) < 4.78 is 36.6. The summed E-state index contributed by atoms with van der Waals surface area (Å²) in [6.45, 7) is 9.44. The molecule has 15 heteroatoms. The zero-order valence-corrected chi connectivity index (χ0v) is 33.1. The van der Waals surface area contributed by atoms with Gasteiger partial charge in [0.15, 0.2) is 12.6 Å². The fourth-order valence-electron chi connectivity index (χ4n) is 12.9. The third-order valence-electron chi connectivity index (χ3n) is 16.2. The van der Waals surface area contributed by atoms with Gasteiger partial charge in [0.25, 0.3) is 0 Å². The van der Waals surface area contributed by atoms with E-state index in [4.69, 9.17) is 28.4 Å². The standard InChI is InChI=1S/C41H64O15/c1-16-27-25(54-37(16)50)14-24-22-7-6-20-13-21(8-10-40(20,4)23(22)9-11-41(24,27)5)53-26-12-19(15-42)35(55-38-32(47)30(45)28(43)17(2)51-38)34(49)36(26)56-39-33(48)31(46)29(44)18(3)52-39/h6,16-19,21-36,38-39,42-49H,7-15H2,1-5H3/t16-,17-,18-,19+,21-,22+,23-,24-,25-,26+,27-,28-,29-,30+,31+,32+,33+,34-,35+,36-,38-,39-,40-,41-/m0/s1. The summed E-state index contributed by atoms with van der Waals surface area (Å²) in [4.78, 5) is 12.5. The van der Waals surface area contributed by atoms with Crippen LogP contribution in [0.5, 0.6) is 0 Å². The Bertz CT molecular complexity index is 1480. The molecule has 0 spiro atoms. The predicted octanol–water partition coefficient (Wildman–Crippen LogP) is 0.289. The lowest BCUT2D eigenvalue weighted by molar-refractivity contribution is -0.350. The van der Waals surface area contributed by atoms with Gasteiger partial charge in [-0.3, -0.25) is 4.79 Å². The van der Waals surface area contributed by atoms with Crippen LogP contribution in [0, 0.1) is 46.3 Å². The van der Waals surface area contributed by atoms with Crippen LogP contribution in [0.3, 0.4) is 0 Å². The van der Waals surface area contributed by atoms with Gasteiger partial charge in [-0.1, -0.05) is 32.4 Å². The van der Waals surface area contributed by atoms with Crippen LogP contribution in [0.15, 0.2) is 11.6 Å². The summed E-state index contributed by atoms with van der Waals surface area (Å²) in [7, 11) is 0. The van der Waals surface area contributed by atoms with E-state index in [0.717, 1.165) is 38.5 Å². The highest BCUT2D eigenvalue weighted by Gasteiger charge is 2.66. The largest absolute Gasteiger partial charge is 0.462 e. The molecule has 56 heavy (non-hydrogen) atoms. The van der Waals surface area contributed by atoms with E-state index in [-0.39, 0.29) is 47.3 Å². The van der Waals surface area contributed by atoms with Gasteiger partial charge in [-0.2, -0.15) is 0 Å². The van der Waals surface area contributed by atoms with Crippen LogP contribution >= 0.6 is 0 Å². The summed E-state index contributed by atoms with van der Waals surface area (Å²) >= 11 is 0. The Morgan fingerprint density at radius 2 is 1.38 bits per heavy atom. The topological polar surface area (TPSA) is 234 Å². The normalized spacial score (nSPS) is 57.0. The number of carbonyl (C=O) groups excluding carboxylic acids is 1. The second-order valence-electron chi connectivity index (χ2n) is 19.1. The Kier molecular flexibility index (Phi) is 11.3. The molecular weight excluding hydrogens is 732 g/mol. The number of hydrogen-bond donors (Lipinski definition) is 8. The van der Waals surface area contributed by atoms with Crippen molar-refractivity contribution in [3.8, 4) is 0 Å². The fraction of sp³-hybridized carbons (Fsp3) is 0.927. The number of carbonyl (C=O) groups is 1. The van der Waals surface area contributed by atoms with Crippen molar-refractivity contribution < 1.29 is 74.1 Å². The molecule has 0 unspecified atom stereocenters. The number of hydrogen-bond acceptors (Lipinski definition) is 15. The molecule has 8 rings (SSSR count). The SMILES string of the molecule is C[C@@H]1O[C@@H](O[C@@H]2[C@@H](CO)C[C@@H](O[C@H]3CC[C@@]4(C)C(=CC[C@H]5[C@@H]6C[C@@H]7OC(=O)[C@@H](C)[C@@H]7[C@@]6(C)CC[C@@H]54)C3)[C@H](O[C@@H]3O[C@@H](C)[C@H](O)[C@@H](O)[C@H]3O)[C@H]2O)[C@H](O)[C@H](O)[C@H]1O. The van der Waals surface area contributed by atoms with Gasteiger partial charge < -0.3 is 69.3 Å². The van der Waals surface area contributed by atoms with Gasteiger partial charge in [0.05, 0.1) is 36.4 Å². The van der Waals surface area contributed by atoms with Crippen molar-refractivity contribution in [2.75, 3.05) is 6.61 Å². The number of allylic oxidation sites excluding steroid dienone is 1. The molecule has 0 amide bonds. The van der Waals surface area contributed by atoms with Crippen molar-refractivity contribution in [1.82, 2.24) is 0 Å². The Labute approximate surface area is 328 Å². The van der Waals surface area contributed by atoms with Gasteiger partial charge in [-0.05, 0) is 93.8 Å². The fourth-order valence-corrected chi connectivity index (χ4v) is 12.9. The first-order chi connectivity index (χ1) is 26.5. The average Bonchev–Trinajstić information content (AvgIpc) is 3.63. The van der Waals surface area contributed by atoms with Crippen LogP contribution in [0.1, 0.15) is 86.0 Å². The van der Waals surface area contributed by atoms with Crippen LogP contribution in [-0.4, -0.2) is 151 Å². The van der Waals surface area contributed by atoms with E-state index < -0.39 is 98.4 Å². The maximum absolute atomic E-state index is 12.5. The van der Waals surface area contributed by atoms with Gasteiger partial charge in [0, 0.05) is 18.4 Å². The number of esters is 1. The molecule has 0 radical (unpaired) electrons. The maximum Gasteiger partial charge on any atom is 0.309 e. The number of fused-ring (bicyclic) bond motifs is 7. The van der Waals surface area contributed by atoms with Crippen molar-refractivity contribution >= 4 is 5.97 Å². The molecule has 0 aromatic carbocycles. The minimum absolute atomic E-state index is 0.0120. The number of ether oxygens (including phenoxy) is 6. The first-order valence-electron chi connectivity index (χ1n) is 21.0. The number of aliphatic hydroxyl groups is 8. The number of aliphatic hydroxyl groups excluding tert-OH is 8. The Morgan fingerprint density at radius 3 is 2.00 bits per heavy atom. The van der Waals surface area contributed by atoms with E-state index in [9.17, 15) is 45.6 Å². The van der Waals surface area contributed by atoms with Gasteiger partial charge >= 0.3 is 5.97 Å². The molecule has 3 heterocycles. The lowest BCUT2D eigenvalue weighted by Crippen LogP contribution is -2.64. The average molecular weight is 797 g/mol. The van der Waals surface area contributed by atoms with E-state index >= 15 is 0 Å². The molecular formula is C41H64O15. The van der Waals surface area contributed by atoms with Gasteiger partial charge in [0.2, 0.25) is 0 Å². The molecule has 8 aliphatic rings. The van der Waals surface area contributed by atoms with Gasteiger partial charge in [0.1, 0.15) is 54.9 Å². The summed E-state index contributed by atoms with van der Waals surface area (Å²) in [5.41, 5.74) is 1.44. The zero-order valence-electron chi connectivity index (χ0n) is 33.1. The molecule has 4 saturated carbocycles. The minimum Gasteiger partial charge on any atom is -0.462 e. The smallest absolute Gasteiger partial charge is 0.309 e. The number of rotatable bonds is 7. The van der Waals surface area contributed by atoms with E-state index in [0.29, 0.717) is 24.2 Å². The van der Waals surface area contributed by atoms with Crippen LogP contribution in [-0.2, 0) is 33.2 Å². The van der Waals surface area contributed by atoms with Crippen LogP contribution in [0.25, 0.3) is 0 Å². The van der Waals surface area contributed by atoms with Gasteiger partial charge in [-0.15, -0.1) is 0 Å². The third-order valence-corrected chi connectivity index (χ3v) is 16.2. The van der Waals surface area contributed by atoms with Crippen molar-refractivity contribution in [3.05, 3.63) is 11.6 Å². The lowest BCUT2D eigenvalue weighted by Gasteiger charge is -2.58. The van der Waals surface area contributed by atoms with Gasteiger partial charge in [-0.25, -0.2) is 0 Å². The van der Waals surface area contributed by atoms with E-state index in [1.54, 1.807) is 0 Å². The Balaban J connectivity index is 1.01. The molecule has 15 nitrogen and oxygen atoms in total. The van der Waals surface area contributed by atoms with E-state index in [2.05, 4.69) is 19.9 Å². The first-order valence-corrected chi connectivity index (χ1v) is 21.0. The molecule has 3 aliphatic heterocycles. The molecule has 8 N–H and O–H groups in total. The molecule has 0 aromatic heterocycles. The van der Waals surface area contributed by atoms with E-state index in [1.807, 2.05) is 6.92 Å². The quantitative estimate of drug-likeness (QED) is 0.128. The minimum atomic E-state index is -1.66. The Hall–Kier alpha value is -1.31. The van der Waals surface area contributed by atoms with Crippen LogP contribution < -0.4 is 0 Å². The molecule has 318 valence electrons. The lowest BCUT2D eigenvalue weighted by atomic mass is 9.47.